The Bertz CT molecular complexity index is 1020. The molecule has 0 saturated heterocycles. The van der Waals surface area contributed by atoms with Crippen molar-refractivity contribution in [3.8, 4) is 0 Å². The van der Waals surface area contributed by atoms with Crippen LogP contribution in [0, 0.1) is 25.6 Å². The van der Waals surface area contributed by atoms with Gasteiger partial charge in [0, 0.05) is 26.2 Å². The van der Waals surface area contributed by atoms with Gasteiger partial charge in [-0.2, -0.15) is 78.9 Å². The molecule has 1 aliphatic rings. The molecule has 1 aliphatic carbocycles. The van der Waals surface area contributed by atoms with Gasteiger partial charge in [0.15, 0.2) is 0 Å². The fourth-order valence-corrected chi connectivity index (χ4v) is 2.93. The zero-order chi connectivity index (χ0) is 20.7. The minimum Gasteiger partial charge on any atom is -0.358 e. The summed E-state index contributed by atoms with van der Waals surface area (Å²) in [5, 5.41) is 5.39. The molecule has 3 heteroatoms. The average molecular weight is 564 g/mol. The molecule has 0 radical (unpaired) electrons. The Balaban J connectivity index is 0. The molecule has 0 aliphatic heterocycles. The van der Waals surface area contributed by atoms with Gasteiger partial charge in [0.05, 0.1) is 0 Å². The summed E-state index contributed by atoms with van der Waals surface area (Å²) in [5.74, 6) is 0. The Labute approximate surface area is 236 Å². The largest absolute Gasteiger partial charge is 0.358 e. The van der Waals surface area contributed by atoms with Crippen LogP contribution in [0.4, 0.5) is 0 Å². The van der Waals surface area contributed by atoms with Gasteiger partial charge in [-0.05, 0) is 0 Å². The summed E-state index contributed by atoms with van der Waals surface area (Å²) in [6, 6.07) is 44.3. The third-order valence-corrected chi connectivity index (χ3v) is 4.32. The van der Waals surface area contributed by atoms with E-state index in [4.69, 9.17) is 0 Å². The van der Waals surface area contributed by atoms with Crippen molar-refractivity contribution >= 4 is 46.4 Å². The number of rotatable bonds is 0. The van der Waals surface area contributed by atoms with Crippen molar-refractivity contribution in [1.82, 2.24) is 0 Å². The zero-order valence-electron chi connectivity index (χ0n) is 19.2. The van der Waals surface area contributed by atoms with E-state index in [0.29, 0.717) is 0 Å². The van der Waals surface area contributed by atoms with Crippen LogP contribution in [0.1, 0.15) is 6.42 Å². The van der Waals surface area contributed by atoms with Crippen LogP contribution in [0.15, 0.2) is 133 Å². The summed E-state index contributed by atoms with van der Waals surface area (Å²) in [6.45, 7) is 0. The number of hydrogen-bond acceptors (Lipinski definition) is 0. The summed E-state index contributed by atoms with van der Waals surface area (Å²) in [5.41, 5.74) is 0. The molecule has 5 aromatic rings. The van der Waals surface area contributed by atoms with Crippen LogP contribution in [0.25, 0.3) is 21.5 Å². The molecule has 0 amide bonds. The van der Waals surface area contributed by atoms with Gasteiger partial charge in [-0.15, -0.1) is 71.0 Å². The average Bonchev–Trinajstić information content (AvgIpc) is 3.54. The van der Waals surface area contributed by atoms with E-state index in [1.165, 1.54) is 21.5 Å². The summed E-state index contributed by atoms with van der Waals surface area (Å²) in [6.07, 6.45) is 10.0. The molecule has 0 heterocycles. The summed E-state index contributed by atoms with van der Waals surface area (Å²) < 4.78 is 0. The Morgan fingerprint density at radius 3 is 1.29 bits per heavy atom. The van der Waals surface area contributed by atoms with E-state index in [0.717, 1.165) is 6.42 Å². The first-order valence-corrected chi connectivity index (χ1v) is 10.0. The van der Waals surface area contributed by atoms with Gasteiger partial charge in [-0.25, -0.2) is 12.2 Å². The molecule has 0 nitrogen and oxygen atoms in total. The van der Waals surface area contributed by atoms with E-state index in [1.807, 2.05) is 72.8 Å². The number of fused-ring (bicyclic) bond motifs is 3. The molecule has 0 N–H and O–H groups in total. The normalized spacial score (nSPS) is 9.65. The van der Waals surface area contributed by atoms with E-state index in [2.05, 4.69) is 78.9 Å². The van der Waals surface area contributed by atoms with Crippen molar-refractivity contribution in [1.29, 1.82) is 0 Å². The SMILES string of the molecule is Cl.Cl.[C-]1=CC=CC1.[CH3-].[Zr].[c-]1ccccc1.[c-]1ccccc1.c1ccc2c(c1)[cH-]c1ccccc12. The second kappa shape index (κ2) is 21.2. The van der Waals surface area contributed by atoms with Crippen LogP contribution in [0.5, 0.6) is 0 Å². The minimum atomic E-state index is 0. The predicted octanol–water partition coefficient (Wildman–Crippen LogP) is 9.28. The van der Waals surface area contributed by atoms with E-state index in [9.17, 15) is 0 Å². The zero-order valence-corrected chi connectivity index (χ0v) is 23.3. The molecular formula is C31H29Cl2Zr-5. The molecule has 5 aromatic carbocycles. The maximum absolute atomic E-state index is 2.99. The number of allylic oxidation sites excluding steroid dienone is 4. The van der Waals surface area contributed by atoms with Gasteiger partial charge >= 0.3 is 0 Å². The van der Waals surface area contributed by atoms with Gasteiger partial charge < -0.3 is 7.43 Å². The van der Waals surface area contributed by atoms with Crippen molar-refractivity contribution in [2.75, 3.05) is 0 Å². The third-order valence-electron chi connectivity index (χ3n) is 4.32. The van der Waals surface area contributed by atoms with Crippen molar-refractivity contribution in [3.05, 3.63) is 159 Å². The van der Waals surface area contributed by atoms with Crippen molar-refractivity contribution in [2.45, 2.75) is 6.42 Å². The Hall–Kier alpha value is -2.31. The molecule has 0 saturated carbocycles. The van der Waals surface area contributed by atoms with Crippen LogP contribution in [0.2, 0.25) is 0 Å². The van der Waals surface area contributed by atoms with E-state index in [1.54, 1.807) is 0 Å². The van der Waals surface area contributed by atoms with Gasteiger partial charge in [-0.1, -0.05) is 36.4 Å². The van der Waals surface area contributed by atoms with Crippen LogP contribution in [-0.4, -0.2) is 0 Å². The summed E-state index contributed by atoms with van der Waals surface area (Å²) >= 11 is 0. The number of halogens is 2. The Kier molecular flexibility index (Phi) is 21.2. The minimum absolute atomic E-state index is 0. The first kappa shape index (κ1) is 33.9. The standard InChI is InChI=1S/C13H9.2C6H5.C5H5.CH3.2ClH.Zr/c1-3-7-12-10(5-1)9-11-6-2-4-8-13(11)12;2*1-2-4-6-5-3-1;1-2-4-5-3-1;;;;/h1-9H;2*1-5H;1-3H,4H2;1H3;2*1H;/q5*-1;;;. The van der Waals surface area contributed by atoms with Crippen LogP contribution < -0.4 is 0 Å². The van der Waals surface area contributed by atoms with Gasteiger partial charge in [0.25, 0.3) is 0 Å². The molecule has 176 valence electrons. The molecular weight excluding hydrogens is 534 g/mol. The van der Waals surface area contributed by atoms with Crippen molar-refractivity contribution in [2.24, 2.45) is 0 Å². The Morgan fingerprint density at radius 1 is 0.588 bits per heavy atom. The van der Waals surface area contributed by atoms with Crippen LogP contribution in [-0.2, 0) is 26.2 Å². The second-order valence-electron chi connectivity index (χ2n) is 6.48. The van der Waals surface area contributed by atoms with Crippen molar-refractivity contribution < 1.29 is 26.2 Å². The maximum Gasteiger partial charge on any atom is 0 e. The third kappa shape index (κ3) is 12.2. The topological polar surface area (TPSA) is 0 Å². The molecule has 0 atom stereocenters. The van der Waals surface area contributed by atoms with Crippen molar-refractivity contribution in [3.63, 3.8) is 0 Å². The summed E-state index contributed by atoms with van der Waals surface area (Å²) in [7, 11) is 0. The predicted molar refractivity (Wildman–Crippen MR) is 150 cm³/mol. The fraction of sp³-hybridized carbons (Fsp3) is 0.0323. The van der Waals surface area contributed by atoms with E-state index < -0.39 is 0 Å². The van der Waals surface area contributed by atoms with E-state index in [-0.39, 0.29) is 58.4 Å². The fourth-order valence-electron chi connectivity index (χ4n) is 2.93. The van der Waals surface area contributed by atoms with E-state index >= 15 is 0 Å². The molecule has 0 fully saturated rings. The smallest absolute Gasteiger partial charge is 0 e. The van der Waals surface area contributed by atoms with Gasteiger partial charge in [0.2, 0.25) is 0 Å². The molecule has 0 aromatic heterocycles. The van der Waals surface area contributed by atoms with Gasteiger partial charge in [0.1, 0.15) is 0 Å². The molecule has 34 heavy (non-hydrogen) atoms. The summed E-state index contributed by atoms with van der Waals surface area (Å²) in [4.78, 5) is 0. The van der Waals surface area contributed by atoms with Crippen LogP contribution in [0.3, 0.4) is 0 Å². The quantitative estimate of drug-likeness (QED) is 0.165. The monoisotopic (exact) mass is 561 g/mol. The molecule has 0 spiro atoms. The molecule has 0 unspecified atom stereocenters. The Morgan fingerprint density at radius 2 is 1.03 bits per heavy atom. The first-order chi connectivity index (χ1) is 14.9. The first-order valence-electron chi connectivity index (χ1n) is 10.0. The number of benzene rings is 4. The molecule has 6 rings (SSSR count). The van der Waals surface area contributed by atoms with Crippen LogP contribution >= 0.6 is 24.8 Å². The van der Waals surface area contributed by atoms with Gasteiger partial charge in [-0.3, -0.25) is 6.08 Å². The second-order valence-corrected chi connectivity index (χ2v) is 6.48. The molecule has 0 bridgehead atoms. The number of hydrogen-bond donors (Lipinski definition) is 0. The maximum atomic E-state index is 2.99.